The molecular weight excluding hydrogens is 92.1 g/mol. The van der Waals surface area contributed by atoms with E-state index < -0.39 is 0 Å². The zero-order valence-corrected chi connectivity index (χ0v) is 3.72. The molecule has 0 aliphatic carbocycles. The molecule has 1 unspecified atom stereocenters. The van der Waals surface area contributed by atoms with Crippen molar-refractivity contribution < 1.29 is 4.79 Å². The van der Waals surface area contributed by atoms with Gasteiger partial charge in [-0.15, -0.1) is 0 Å². The van der Waals surface area contributed by atoms with Gasteiger partial charge in [-0.3, -0.25) is 4.79 Å². The fraction of sp³-hybridized carbons (Fsp3) is 0.250. The van der Waals surface area contributed by atoms with Crippen LogP contribution in [0.4, 0.5) is 0 Å². The minimum Gasteiger partial charge on any atom is -0.334 e. The molecule has 0 aromatic carbocycles. The summed E-state index contributed by atoms with van der Waals surface area (Å²) in [5.74, 6) is -0.104. The highest BCUT2D eigenvalue weighted by Crippen LogP contribution is 1.86. The molecule has 0 aromatic rings. The summed E-state index contributed by atoms with van der Waals surface area (Å²) in [4.78, 5) is 10.2. The normalized spacial score (nSPS) is 28.1. The van der Waals surface area contributed by atoms with Crippen molar-refractivity contribution in [3.05, 3.63) is 12.2 Å². The van der Waals surface area contributed by atoms with Gasteiger partial charge in [0, 0.05) is 6.08 Å². The summed E-state index contributed by atoms with van der Waals surface area (Å²) in [5.41, 5.74) is 5.21. The third-order valence-corrected chi connectivity index (χ3v) is 0.764. The van der Waals surface area contributed by atoms with Crippen LogP contribution < -0.4 is 11.1 Å². The Morgan fingerprint density at radius 1 is 1.86 bits per heavy atom. The number of nitrogens with one attached hydrogen (secondary N) is 1. The van der Waals surface area contributed by atoms with Crippen LogP contribution in [-0.2, 0) is 4.79 Å². The Balaban J connectivity index is 2.58. The predicted molar refractivity (Wildman–Crippen MR) is 25.3 cm³/mol. The van der Waals surface area contributed by atoms with Crippen molar-refractivity contribution in [2.45, 2.75) is 6.17 Å². The second kappa shape index (κ2) is 1.35. The Labute approximate surface area is 41.2 Å². The van der Waals surface area contributed by atoms with Crippen molar-refractivity contribution in [3.63, 3.8) is 0 Å². The summed E-state index contributed by atoms with van der Waals surface area (Å²) >= 11 is 0. The maximum absolute atomic E-state index is 10.2. The largest absolute Gasteiger partial charge is 0.334 e. The van der Waals surface area contributed by atoms with E-state index in [0.717, 1.165) is 0 Å². The molecule has 0 fully saturated rings. The Morgan fingerprint density at radius 2 is 2.57 bits per heavy atom. The molecule has 38 valence electrons. The second-order valence-electron chi connectivity index (χ2n) is 1.39. The Kier molecular flexibility index (Phi) is 0.834. The quantitative estimate of drug-likeness (QED) is 0.406. The Morgan fingerprint density at radius 3 is 2.71 bits per heavy atom. The van der Waals surface area contributed by atoms with Gasteiger partial charge in [0.1, 0.15) is 0 Å². The summed E-state index contributed by atoms with van der Waals surface area (Å²) < 4.78 is 0. The first kappa shape index (κ1) is 4.33. The first-order valence-electron chi connectivity index (χ1n) is 2.03. The molecular formula is C4H6N2O. The topological polar surface area (TPSA) is 55.1 Å². The lowest BCUT2D eigenvalue weighted by atomic mass is 10.5. The van der Waals surface area contributed by atoms with Crippen LogP contribution >= 0.6 is 0 Å². The number of hydrogen-bond acceptors (Lipinski definition) is 2. The van der Waals surface area contributed by atoms with Crippen LogP contribution in [0.5, 0.6) is 0 Å². The van der Waals surface area contributed by atoms with Gasteiger partial charge in [0.2, 0.25) is 5.91 Å². The van der Waals surface area contributed by atoms with Gasteiger partial charge >= 0.3 is 0 Å². The number of carbonyl (C=O) groups excluding carboxylic acids is 1. The lowest BCUT2D eigenvalue weighted by molar-refractivity contribution is -0.116. The summed E-state index contributed by atoms with van der Waals surface area (Å²) in [6.45, 7) is 0. The number of rotatable bonds is 0. The lowest BCUT2D eigenvalue weighted by Gasteiger charge is -1.96. The molecule has 7 heavy (non-hydrogen) atoms. The Bertz CT molecular complexity index is 119. The van der Waals surface area contributed by atoms with E-state index in [1.54, 1.807) is 6.08 Å². The molecule has 1 heterocycles. The molecule has 3 N–H and O–H groups in total. The molecule has 1 rings (SSSR count). The molecule has 1 aliphatic rings. The van der Waals surface area contributed by atoms with Gasteiger partial charge in [0.25, 0.3) is 0 Å². The Hall–Kier alpha value is -0.830. The van der Waals surface area contributed by atoms with Crippen molar-refractivity contribution >= 4 is 5.91 Å². The summed E-state index contributed by atoms with van der Waals surface area (Å²) in [6, 6.07) is 0. The van der Waals surface area contributed by atoms with E-state index in [2.05, 4.69) is 5.32 Å². The summed E-state index contributed by atoms with van der Waals surface area (Å²) in [6.07, 6.45) is 2.78. The highest BCUT2D eigenvalue weighted by atomic mass is 16.1. The van der Waals surface area contributed by atoms with Gasteiger partial charge < -0.3 is 11.1 Å². The fourth-order valence-electron chi connectivity index (χ4n) is 0.452. The zero-order chi connectivity index (χ0) is 5.28. The minimum absolute atomic E-state index is 0.104. The first-order valence-corrected chi connectivity index (χ1v) is 2.03. The number of amides is 1. The van der Waals surface area contributed by atoms with Crippen molar-refractivity contribution in [2.24, 2.45) is 5.73 Å². The average molecular weight is 98.1 g/mol. The summed E-state index contributed by atoms with van der Waals surface area (Å²) in [7, 11) is 0. The third kappa shape index (κ3) is 0.778. The van der Waals surface area contributed by atoms with Gasteiger partial charge in [-0.1, -0.05) is 0 Å². The predicted octanol–water partition coefficient (Wildman–Crippen LogP) is -1.04. The number of carbonyl (C=O) groups is 1. The van der Waals surface area contributed by atoms with Gasteiger partial charge in [-0.2, -0.15) is 0 Å². The van der Waals surface area contributed by atoms with Gasteiger partial charge in [0.15, 0.2) is 0 Å². The maximum Gasteiger partial charge on any atom is 0.245 e. The highest BCUT2D eigenvalue weighted by molar-refractivity contribution is 5.90. The molecule has 0 saturated heterocycles. The van der Waals surface area contributed by atoms with Crippen LogP contribution in [0.25, 0.3) is 0 Å². The SMILES string of the molecule is NC1C=CC(=O)N1. The van der Waals surface area contributed by atoms with Crippen molar-refractivity contribution in [1.29, 1.82) is 0 Å². The second-order valence-corrected chi connectivity index (χ2v) is 1.39. The van der Waals surface area contributed by atoms with Crippen LogP contribution in [0.15, 0.2) is 12.2 Å². The van der Waals surface area contributed by atoms with E-state index in [1.165, 1.54) is 6.08 Å². The van der Waals surface area contributed by atoms with Crippen molar-refractivity contribution in [1.82, 2.24) is 5.32 Å². The number of nitrogens with two attached hydrogens (primary N) is 1. The van der Waals surface area contributed by atoms with Crippen LogP contribution in [0.2, 0.25) is 0 Å². The average Bonchev–Trinajstić information content (AvgIpc) is 1.87. The minimum atomic E-state index is -0.257. The van der Waals surface area contributed by atoms with Crippen LogP contribution in [0.3, 0.4) is 0 Å². The molecule has 0 aromatic heterocycles. The smallest absolute Gasteiger partial charge is 0.245 e. The fourth-order valence-corrected chi connectivity index (χ4v) is 0.452. The molecule has 1 aliphatic heterocycles. The van der Waals surface area contributed by atoms with E-state index >= 15 is 0 Å². The third-order valence-electron chi connectivity index (χ3n) is 0.764. The highest BCUT2D eigenvalue weighted by Gasteiger charge is 2.06. The zero-order valence-electron chi connectivity index (χ0n) is 3.72. The molecule has 0 bridgehead atoms. The molecule has 0 radical (unpaired) electrons. The van der Waals surface area contributed by atoms with E-state index in [4.69, 9.17) is 5.73 Å². The summed E-state index contributed by atoms with van der Waals surface area (Å²) in [5, 5.41) is 2.44. The molecule has 1 amide bonds. The van der Waals surface area contributed by atoms with Crippen LogP contribution in [0.1, 0.15) is 0 Å². The maximum atomic E-state index is 10.2. The monoisotopic (exact) mass is 98.0 g/mol. The molecule has 3 nitrogen and oxygen atoms in total. The van der Waals surface area contributed by atoms with E-state index in [-0.39, 0.29) is 12.1 Å². The standard InChI is InChI=1S/C4H6N2O/c5-3-1-2-4(7)6-3/h1-3H,5H2,(H,6,7). The van der Waals surface area contributed by atoms with Crippen molar-refractivity contribution in [3.8, 4) is 0 Å². The first-order chi connectivity index (χ1) is 3.29. The van der Waals surface area contributed by atoms with Crippen LogP contribution in [-0.4, -0.2) is 12.1 Å². The lowest BCUT2D eigenvalue weighted by Crippen LogP contribution is -2.33. The van der Waals surface area contributed by atoms with E-state index in [9.17, 15) is 4.79 Å². The molecule has 0 spiro atoms. The molecule has 0 saturated carbocycles. The van der Waals surface area contributed by atoms with Gasteiger partial charge in [0.05, 0.1) is 6.17 Å². The van der Waals surface area contributed by atoms with Crippen LogP contribution in [0, 0.1) is 0 Å². The van der Waals surface area contributed by atoms with E-state index in [1.807, 2.05) is 0 Å². The molecule has 3 heteroatoms. The van der Waals surface area contributed by atoms with Gasteiger partial charge in [-0.05, 0) is 6.08 Å². The molecule has 1 atom stereocenters. The van der Waals surface area contributed by atoms with Gasteiger partial charge in [-0.25, -0.2) is 0 Å². The van der Waals surface area contributed by atoms with Crippen molar-refractivity contribution in [2.75, 3.05) is 0 Å². The number of hydrogen-bond donors (Lipinski definition) is 2. The van der Waals surface area contributed by atoms with E-state index in [0.29, 0.717) is 0 Å².